The van der Waals surface area contributed by atoms with Gasteiger partial charge >= 0.3 is 17.9 Å². The van der Waals surface area contributed by atoms with Gasteiger partial charge in [-0.05, 0) is 128 Å². The van der Waals surface area contributed by atoms with Gasteiger partial charge in [0, 0.05) is 19.3 Å². The second-order valence-corrected chi connectivity index (χ2v) is 16.3. The molecule has 0 fully saturated rings. The molecule has 364 valence electrons. The van der Waals surface area contributed by atoms with Gasteiger partial charge in [0.25, 0.3) is 0 Å². The SMILES string of the molecule is CC/C=C\C/C=C\C/C=C\C/C=C\C/C=C\CCCCCC(=O)OCC(COC(=O)CCCCCC/C=C\C/C=C\C/C=C\CC)OC(=O)CCCCCC/C=C\C/C=C\C/C=C\CC. The van der Waals surface area contributed by atoms with Crippen molar-refractivity contribution in [3.63, 3.8) is 0 Å². The van der Waals surface area contributed by atoms with Gasteiger partial charge in [-0.25, -0.2) is 0 Å². The molecule has 6 nitrogen and oxygen atoms in total. The van der Waals surface area contributed by atoms with Crippen molar-refractivity contribution >= 4 is 17.9 Å². The fourth-order valence-electron chi connectivity index (χ4n) is 6.38. The molecule has 0 saturated heterocycles. The molecule has 0 spiro atoms. The molecule has 0 amide bonds. The molecule has 6 heteroatoms. The highest BCUT2D eigenvalue weighted by molar-refractivity contribution is 5.71. The largest absolute Gasteiger partial charge is 0.462 e. The minimum atomic E-state index is -0.818. The summed E-state index contributed by atoms with van der Waals surface area (Å²) in [4.78, 5) is 38.0. The summed E-state index contributed by atoms with van der Waals surface area (Å²) in [6, 6.07) is 0. The van der Waals surface area contributed by atoms with Gasteiger partial charge in [-0.1, -0.05) is 187 Å². The Kier molecular flexibility index (Phi) is 48.6. The lowest BCUT2D eigenvalue weighted by molar-refractivity contribution is -0.167. The van der Waals surface area contributed by atoms with Crippen molar-refractivity contribution in [1.82, 2.24) is 0 Å². The highest BCUT2D eigenvalue weighted by atomic mass is 16.6. The highest BCUT2D eigenvalue weighted by Crippen LogP contribution is 2.12. The van der Waals surface area contributed by atoms with Gasteiger partial charge in [-0.3, -0.25) is 14.4 Å². The molecule has 0 radical (unpaired) electrons. The van der Waals surface area contributed by atoms with Gasteiger partial charge in [0.1, 0.15) is 13.2 Å². The van der Waals surface area contributed by atoms with Gasteiger partial charge in [-0.15, -0.1) is 0 Å². The summed E-state index contributed by atoms with van der Waals surface area (Å²) in [7, 11) is 0. The normalized spacial score (nSPS) is 13.2. The number of hydrogen-bond donors (Lipinski definition) is 0. The van der Waals surface area contributed by atoms with Crippen molar-refractivity contribution in [3.8, 4) is 0 Å². The Morgan fingerprint density at radius 2 is 0.554 bits per heavy atom. The molecule has 1 unspecified atom stereocenters. The monoisotopic (exact) mass is 897 g/mol. The molecule has 0 aromatic rings. The number of hydrogen-bond acceptors (Lipinski definition) is 6. The Morgan fingerprint density at radius 3 is 0.862 bits per heavy atom. The van der Waals surface area contributed by atoms with Gasteiger partial charge < -0.3 is 14.2 Å². The molecule has 65 heavy (non-hydrogen) atoms. The first-order valence-electron chi connectivity index (χ1n) is 25.7. The Balaban J connectivity index is 4.53. The van der Waals surface area contributed by atoms with E-state index in [-0.39, 0.29) is 37.5 Å². The van der Waals surface area contributed by atoms with E-state index in [0.29, 0.717) is 12.8 Å². The van der Waals surface area contributed by atoms with Crippen molar-refractivity contribution < 1.29 is 28.6 Å². The van der Waals surface area contributed by atoms with Crippen molar-refractivity contribution in [3.05, 3.63) is 134 Å². The molecule has 0 heterocycles. The number of ether oxygens (including phenoxy) is 3. The Labute approximate surface area is 398 Å². The van der Waals surface area contributed by atoms with Crippen molar-refractivity contribution in [2.24, 2.45) is 0 Å². The van der Waals surface area contributed by atoms with Gasteiger partial charge in [-0.2, -0.15) is 0 Å². The van der Waals surface area contributed by atoms with Crippen molar-refractivity contribution in [2.45, 2.75) is 207 Å². The molecular weight excluding hydrogens is 805 g/mol. The van der Waals surface area contributed by atoms with E-state index in [4.69, 9.17) is 14.2 Å². The van der Waals surface area contributed by atoms with Crippen LogP contribution in [0.2, 0.25) is 0 Å². The summed E-state index contributed by atoms with van der Waals surface area (Å²) in [5.74, 6) is -1.00. The summed E-state index contributed by atoms with van der Waals surface area (Å²) in [5.41, 5.74) is 0. The molecule has 0 aliphatic carbocycles. The van der Waals surface area contributed by atoms with E-state index in [9.17, 15) is 14.4 Å². The third-order valence-corrected chi connectivity index (χ3v) is 10.1. The number of unbranched alkanes of at least 4 members (excludes halogenated alkanes) is 11. The Morgan fingerprint density at radius 1 is 0.308 bits per heavy atom. The Hall–Kier alpha value is -4.45. The van der Waals surface area contributed by atoms with Gasteiger partial charge in [0.2, 0.25) is 0 Å². The minimum absolute atomic E-state index is 0.115. The lowest BCUT2D eigenvalue weighted by Crippen LogP contribution is -2.30. The highest BCUT2D eigenvalue weighted by Gasteiger charge is 2.19. The lowest BCUT2D eigenvalue weighted by atomic mass is 10.1. The maximum absolute atomic E-state index is 12.8. The van der Waals surface area contributed by atoms with Crippen LogP contribution in [0, 0.1) is 0 Å². The number of carbonyl (C=O) groups excluding carboxylic acids is 3. The van der Waals surface area contributed by atoms with E-state index in [1.165, 1.54) is 0 Å². The summed E-state index contributed by atoms with van der Waals surface area (Å²) >= 11 is 0. The van der Waals surface area contributed by atoms with Crippen LogP contribution in [-0.2, 0) is 28.6 Å². The molecule has 0 aliphatic heterocycles. The average molecular weight is 897 g/mol. The fraction of sp³-hybridized carbons (Fsp3) is 0.576. The van der Waals surface area contributed by atoms with Crippen LogP contribution in [0.5, 0.6) is 0 Å². The molecule has 0 bridgehead atoms. The fourth-order valence-corrected chi connectivity index (χ4v) is 6.38. The minimum Gasteiger partial charge on any atom is -0.462 e. The van der Waals surface area contributed by atoms with Crippen LogP contribution in [0.4, 0.5) is 0 Å². The van der Waals surface area contributed by atoms with Crippen molar-refractivity contribution in [1.29, 1.82) is 0 Å². The van der Waals surface area contributed by atoms with Crippen LogP contribution in [0.15, 0.2) is 134 Å². The standard InChI is InChI=1S/C59H92O6/c1-4-7-10-13-16-19-22-25-28-29-30-31-32-35-37-40-43-46-49-52-58(61)64-55-56(65-59(62)53-50-47-44-41-38-34-27-24-21-18-15-12-9-6-3)54-63-57(60)51-48-45-42-39-36-33-26-23-20-17-14-11-8-5-2/h7-12,16-21,25-28,30-31,33-35,37,56H,4-6,13-15,22-24,29,32,36,38-55H2,1-3H3/b10-7-,11-8-,12-9-,19-16-,20-17-,21-18-,28-25-,31-30-,33-26-,34-27-,37-35-. The molecule has 0 rings (SSSR count). The summed E-state index contributed by atoms with van der Waals surface area (Å²) in [5, 5.41) is 0. The third kappa shape index (κ3) is 50.4. The zero-order valence-electron chi connectivity index (χ0n) is 41.4. The predicted octanol–water partition coefficient (Wildman–Crippen LogP) is 17.1. The number of rotatable bonds is 44. The summed E-state index contributed by atoms with van der Waals surface area (Å²) in [6.45, 7) is 6.21. The van der Waals surface area contributed by atoms with E-state index in [1.807, 2.05) is 0 Å². The topological polar surface area (TPSA) is 78.9 Å². The molecule has 0 aromatic carbocycles. The van der Waals surface area contributed by atoms with E-state index < -0.39 is 6.10 Å². The van der Waals surface area contributed by atoms with E-state index >= 15 is 0 Å². The molecule has 0 N–H and O–H groups in total. The zero-order valence-corrected chi connectivity index (χ0v) is 41.4. The van der Waals surface area contributed by atoms with Crippen LogP contribution >= 0.6 is 0 Å². The molecule has 0 aromatic heterocycles. The van der Waals surface area contributed by atoms with E-state index in [0.717, 1.165) is 161 Å². The maximum atomic E-state index is 12.8. The predicted molar refractivity (Wildman–Crippen MR) is 279 cm³/mol. The van der Waals surface area contributed by atoms with Gasteiger partial charge in [0.05, 0.1) is 0 Å². The van der Waals surface area contributed by atoms with Crippen molar-refractivity contribution in [2.75, 3.05) is 13.2 Å². The lowest BCUT2D eigenvalue weighted by Gasteiger charge is -2.18. The first kappa shape index (κ1) is 60.5. The summed E-state index contributed by atoms with van der Waals surface area (Å²) < 4.78 is 16.7. The van der Waals surface area contributed by atoms with Crippen LogP contribution in [0.25, 0.3) is 0 Å². The van der Waals surface area contributed by atoms with Gasteiger partial charge in [0.15, 0.2) is 6.10 Å². The number of carbonyl (C=O) groups is 3. The van der Waals surface area contributed by atoms with E-state index in [2.05, 4.69) is 154 Å². The molecule has 1 atom stereocenters. The van der Waals surface area contributed by atoms with Crippen LogP contribution < -0.4 is 0 Å². The number of allylic oxidation sites excluding steroid dienone is 22. The van der Waals surface area contributed by atoms with Crippen LogP contribution in [0.1, 0.15) is 201 Å². The Bertz CT molecular complexity index is 1450. The molecular formula is C59H92O6. The zero-order chi connectivity index (χ0) is 47.2. The van der Waals surface area contributed by atoms with E-state index in [1.54, 1.807) is 0 Å². The third-order valence-electron chi connectivity index (χ3n) is 10.1. The van der Waals surface area contributed by atoms with Crippen LogP contribution in [-0.4, -0.2) is 37.2 Å². The summed E-state index contributed by atoms with van der Waals surface area (Å²) in [6.07, 6.45) is 72.9. The smallest absolute Gasteiger partial charge is 0.306 e. The first-order valence-corrected chi connectivity index (χ1v) is 25.7. The second kappa shape index (κ2) is 52.2. The number of esters is 3. The first-order chi connectivity index (χ1) is 32.0. The average Bonchev–Trinajstić information content (AvgIpc) is 3.30. The maximum Gasteiger partial charge on any atom is 0.306 e. The van der Waals surface area contributed by atoms with Crippen LogP contribution in [0.3, 0.4) is 0 Å². The molecule has 0 saturated carbocycles. The molecule has 0 aliphatic rings. The quantitative estimate of drug-likeness (QED) is 0.0262. The second-order valence-electron chi connectivity index (χ2n) is 16.3.